The molecule has 58 heavy (non-hydrogen) atoms. The van der Waals surface area contributed by atoms with Crippen LogP contribution in [0.15, 0.2) is 48.6 Å². The van der Waals surface area contributed by atoms with Gasteiger partial charge < -0.3 is 20.1 Å². The molecule has 0 aromatic rings. The lowest BCUT2D eigenvalue weighted by Gasteiger charge is -2.19. The fourth-order valence-electron chi connectivity index (χ4n) is 6.51. The molecular weight excluding hydrogens is 750 g/mol. The SMILES string of the molecule is CC/C=C\C/C=C\C/C=C\C/C=C\CCCCCCCCC(=O)OC(COC(=O)CCCCCCCCCCCCCCCCCCCC)COP(=O)(O)OCCN. The maximum absolute atomic E-state index is 12.6. The summed E-state index contributed by atoms with van der Waals surface area (Å²) in [5.41, 5.74) is 5.36. The van der Waals surface area contributed by atoms with E-state index in [-0.39, 0.29) is 38.6 Å². The lowest BCUT2D eigenvalue weighted by molar-refractivity contribution is -0.161. The first-order chi connectivity index (χ1) is 28.3. The van der Waals surface area contributed by atoms with Gasteiger partial charge in [0.05, 0.1) is 13.2 Å². The van der Waals surface area contributed by atoms with Gasteiger partial charge in [0.15, 0.2) is 6.10 Å². The van der Waals surface area contributed by atoms with E-state index in [1.165, 1.54) is 96.3 Å². The molecule has 3 N–H and O–H groups in total. The number of hydrogen-bond acceptors (Lipinski definition) is 8. The number of carbonyl (C=O) groups excluding carboxylic acids is 2. The summed E-state index contributed by atoms with van der Waals surface area (Å²) in [4.78, 5) is 35.0. The van der Waals surface area contributed by atoms with Crippen molar-refractivity contribution in [3.8, 4) is 0 Å². The van der Waals surface area contributed by atoms with E-state index in [2.05, 4.69) is 62.5 Å². The molecule has 0 bridgehead atoms. The lowest BCUT2D eigenvalue weighted by Crippen LogP contribution is -2.29. The third kappa shape index (κ3) is 43.5. The second-order valence-corrected chi connectivity index (χ2v) is 17.1. The van der Waals surface area contributed by atoms with Gasteiger partial charge in [-0.1, -0.05) is 197 Å². The lowest BCUT2D eigenvalue weighted by atomic mass is 10.0. The molecule has 9 nitrogen and oxygen atoms in total. The van der Waals surface area contributed by atoms with Crippen molar-refractivity contribution >= 4 is 19.8 Å². The van der Waals surface area contributed by atoms with Gasteiger partial charge in [0.2, 0.25) is 0 Å². The van der Waals surface area contributed by atoms with Gasteiger partial charge in [-0.15, -0.1) is 0 Å². The summed E-state index contributed by atoms with van der Waals surface area (Å²) < 4.78 is 32.9. The van der Waals surface area contributed by atoms with Crippen LogP contribution in [0.1, 0.15) is 213 Å². The number of phosphoric ester groups is 1. The first-order valence-electron chi connectivity index (χ1n) is 23.6. The third-order valence-electron chi connectivity index (χ3n) is 9.98. The molecular formula is C48H88NO8P. The maximum atomic E-state index is 12.6. The van der Waals surface area contributed by atoms with Crippen molar-refractivity contribution in [1.82, 2.24) is 0 Å². The Hall–Kier alpha value is -2.03. The minimum absolute atomic E-state index is 0.0503. The van der Waals surface area contributed by atoms with Crippen molar-refractivity contribution < 1.29 is 37.6 Å². The molecule has 0 aliphatic rings. The van der Waals surface area contributed by atoms with Crippen molar-refractivity contribution in [3.05, 3.63) is 48.6 Å². The smallest absolute Gasteiger partial charge is 0.462 e. The Kier molecular flexibility index (Phi) is 43.0. The highest BCUT2D eigenvalue weighted by molar-refractivity contribution is 7.47. The number of esters is 2. The Labute approximate surface area is 356 Å². The zero-order chi connectivity index (χ0) is 42.5. The van der Waals surface area contributed by atoms with Crippen molar-refractivity contribution in [2.75, 3.05) is 26.4 Å². The van der Waals surface area contributed by atoms with E-state index in [0.29, 0.717) is 6.42 Å². The molecule has 0 saturated heterocycles. The average Bonchev–Trinajstić information content (AvgIpc) is 3.21. The first kappa shape index (κ1) is 56.0. The van der Waals surface area contributed by atoms with Gasteiger partial charge in [-0.25, -0.2) is 4.57 Å². The molecule has 338 valence electrons. The quantitative estimate of drug-likeness (QED) is 0.0266. The zero-order valence-electron chi connectivity index (χ0n) is 37.3. The Bertz CT molecular complexity index is 1090. The van der Waals surface area contributed by atoms with Gasteiger partial charge in [-0.3, -0.25) is 18.6 Å². The van der Waals surface area contributed by atoms with E-state index >= 15 is 0 Å². The molecule has 0 aromatic carbocycles. The largest absolute Gasteiger partial charge is 0.472 e. The molecule has 0 aliphatic heterocycles. The molecule has 0 spiro atoms. The van der Waals surface area contributed by atoms with Crippen molar-refractivity contribution in [2.24, 2.45) is 5.73 Å². The van der Waals surface area contributed by atoms with E-state index in [1.54, 1.807) is 0 Å². The summed E-state index contributed by atoms with van der Waals surface area (Å²) in [6.07, 6.45) is 51.4. The summed E-state index contributed by atoms with van der Waals surface area (Å²) >= 11 is 0. The van der Waals surface area contributed by atoms with Crippen LogP contribution in [0, 0.1) is 0 Å². The molecule has 2 atom stereocenters. The Balaban J connectivity index is 4.11. The predicted octanol–water partition coefficient (Wildman–Crippen LogP) is 13.9. The van der Waals surface area contributed by atoms with Crippen LogP contribution in [0.3, 0.4) is 0 Å². The van der Waals surface area contributed by atoms with Crippen molar-refractivity contribution in [3.63, 3.8) is 0 Å². The van der Waals surface area contributed by atoms with Crippen LogP contribution in [-0.4, -0.2) is 49.3 Å². The maximum Gasteiger partial charge on any atom is 0.472 e. The topological polar surface area (TPSA) is 134 Å². The summed E-state index contributed by atoms with van der Waals surface area (Å²) in [6.45, 7) is 3.63. The summed E-state index contributed by atoms with van der Waals surface area (Å²) in [7, 11) is -4.38. The minimum Gasteiger partial charge on any atom is -0.462 e. The molecule has 0 heterocycles. The summed E-state index contributed by atoms with van der Waals surface area (Å²) in [6, 6.07) is 0. The van der Waals surface area contributed by atoms with Gasteiger partial charge in [-0.05, 0) is 51.4 Å². The molecule has 0 fully saturated rings. The molecule has 0 amide bonds. The molecule has 0 rings (SSSR count). The Morgan fingerprint density at radius 3 is 1.41 bits per heavy atom. The normalized spacial score (nSPS) is 13.7. The van der Waals surface area contributed by atoms with E-state index < -0.39 is 26.5 Å². The number of carbonyl (C=O) groups is 2. The number of allylic oxidation sites excluding steroid dienone is 8. The molecule has 0 aliphatic carbocycles. The van der Waals surface area contributed by atoms with Gasteiger partial charge in [0, 0.05) is 19.4 Å². The fraction of sp³-hybridized carbons (Fsp3) is 0.792. The first-order valence-corrected chi connectivity index (χ1v) is 25.1. The van der Waals surface area contributed by atoms with E-state index in [1.807, 2.05) is 0 Å². The number of hydrogen-bond donors (Lipinski definition) is 2. The molecule has 2 unspecified atom stereocenters. The number of ether oxygens (including phenoxy) is 2. The van der Waals surface area contributed by atoms with Gasteiger partial charge >= 0.3 is 19.8 Å². The number of phosphoric acid groups is 1. The second-order valence-electron chi connectivity index (χ2n) is 15.6. The number of rotatable bonds is 44. The highest BCUT2D eigenvalue weighted by atomic mass is 31.2. The molecule has 10 heteroatoms. The highest BCUT2D eigenvalue weighted by Crippen LogP contribution is 2.43. The average molecular weight is 838 g/mol. The van der Waals surface area contributed by atoms with Crippen LogP contribution in [0.4, 0.5) is 0 Å². The fourth-order valence-corrected chi connectivity index (χ4v) is 7.27. The molecule has 0 radical (unpaired) electrons. The number of nitrogens with two attached hydrogens (primary N) is 1. The monoisotopic (exact) mass is 838 g/mol. The minimum atomic E-state index is -4.38. The Morgan fingerprint density at radius 1 is 0.534 bits per heavy atom. The summed E-state index contributed by atoms with van der Waals surface area (Å²) in [5.74, 6) is -0.839. The number of unbranched alkanes of at least 4 members (excludes halogenated alkanes) is 23. The van der Waals surface area contributed by atoms with E-state index in [4.69, 9.17) is 24.3 Å². The zero-order valence-corrected chi connectivity index (χ0v) is 38.2. The standard InChI is InChI=1S/C48H88NO8P/c1-3-5-7-9-11-13-15-17-19-21-23-25-27-29-31-33-35-37-39-41-48(51)57-46(45-56-58(52,53)55-43-42-49)44-54-47(50)40-38-36-34-32-30-28-26-24-22-20-18-16-14-12-10-8-6-4-2/h5,7,11,13,17,19,23,25,46H,3-4,6,8-10,12,14-16,18,20-22,24,26-45,49H2,1-2H3,(H,52,53)/b7-5-,13-11-,19-17-,25-23-. The Morgan fingerprint density at radius 2 is 0.948 bits per heavy atom. The van der Waals surface area contributed by atoms with Gasteiger partial charge in [0.25, 0.3) is 0 Å². The predicted molar refractivity (Wildman–Crippen MR) is 243 cm³/mol. The second kappa shape index (κ2) is 44.5. The van der Waals surface area contributed by atoms with Gasteiger partial charge in [-0.2, -0.15) is 0 Å². The van der Waals surface area contributed by atoms with Crippen LogP contribution in [0.25, 0.3) is 0 Å². The van der Waals surface area contributed by atoms with Crippen molar-refractivity contribution in [1.29, 1.82) is 0 Å². The molecule has 0 saturated carbocycles. The highest BCUT2D eigenvalue weighted by Gasteiger charge is 2.26. The van der Waals surface area contributed by atoms with Crippen LogP contribution >= 0.6 is 7.82 Å². The molecule has 0 aromatic heterocycles. The van der Waals surface area contributed by atoms with Crippen LogP contribution in [0.5, 0.6) is 0 Å². The van der Waals surface area contributed by atoms with E-state index in [9.17, 15) is 19.0 Å². The van der Waals surface area contributed by atoms with Crippen molar-refractivity contribution in [2.45, 2.75) is 219 Å². The van der Waals surface area contributed by atoms with Crippen LogP contribution in [0.2, 0.25) is 0 Å². The van der Waals surface area contributed by atoms with Crippen LogP contribution in [-0.2, 0) is 32.7 Å². The summed E-state index contributed by atoms with van der Waals surface area (Å²) in [5, 5.41) is 0. The van der Waals surface area contributed by atoms with Crippen LogP contribution < -0.4 is 5.73 Å². The van der Waals surface area contributed by atoms with Gasteiger partial charge in [0.1, 0.15) is 6.61 Å². The van der Waals surface area contributed by atoms with E-state index in [0.717, 1.165) is 83.5 Å². The third-order valence-corrected chi connectivity index (χ3v) is 11.0.